The van der Waals surface area contributed by atoms with Gasteiger partial charge in [-0.25, -0.2) is 0 Å². The van der Waals surface area contributed by atoms with E-state index in [1.807, 2.05) is 60.7 Å². The number of phenolic OH excluding ortho intramolecular Hbond substituents is 2. The molecule has 4 aromatic carbocycles. The zero-order valence-electron chi connectivity index (χ0n) is 25.8. The molecule has 0 fully saturated rings. The van der Waals surface area contributed by atoms with Gasteiger partial charge in [0.1, 0.15) is 23.0 Å². The lowest BCUT2D eigenvalue weighted by Gasteiger charge is -2.24. The van der Waals surface area contributed by atoms with Crippen LogP contribution in [0.15, 0.2) is 72.8 Å². The van der Waals surface area contributed by atoms with Gasteiger partial charge in [0.05, 0.1) is 13.2 Å². The molecule has 0 saturated heterocycles. The third-order valence-electron chi connectivity index (χ3n) is 7.28. The normalized spacial score (nSPS) is 11.9. The first-order valence-corrected chi connectivity index (χ1v) is 14.4. The molecule has 0 atom stereocenters. The van der Waals surface area contributed by atoms with Crippen molar-refractivity contribution in [3.8, 4) is 45.3 Å². The van der Waals surface area contributed by atoms with Gasteiger partial charge in [-0.15, -0.1) is 0 Å². The number of para-hydroxylation sites is 2. The van der Waals surface area contributed by atoms with Gasteiger partial charge in [-0.1, -0.05) is 90.1 Å². The highest BCUT2D eigenvalue weighted by Gasteiger charge is 2.24. The van der Waals surface area contributed by atoms with E-state index in [9.17, 15) is 10.2 Å². The molecule has 0 aliphatic heterocycles. The molecule has 4 aromatic rings. The Bertz CT molecular complexity index is 1400. The highest BCUT2D eigenvalue weighted by molar-refractivity contribution is 5.79. The minimum absolute atomic E-state index is 0.183. The van der Waals surface area contributed by atoms with E-state index in [2.05, 4.69) is 67.5 Å². The minimum Gasteiger partial charge on any atom is -0.507 e. The molecule has 4 heteroatoms. The molecule has 4 rings (SSSR count). The van der Waals surface area contributed by atoms with Crippen molar-refractivity contribution in [2.24, 2.45) is 0 Å². The van der Waals surface area contributed by atoms with Gasteiger partial charge in [0.15, 0.2) is 0 Å². The lowest BCUT2D eigenvalue weighted by atomic mass is 9.83. The Hall–Kier alpha value is -3.92. The van der Waals surface area contributed by atoms with Gasteiger partial charge in [-0.3, -0.25) is 0 Å². The summed E-state index contributed by atoms with van der Waals surface area (Å²) in [5, 5.41) is 22.4. The lowest BCUT2D eigenvalue weighted by molar-refractivity contribution is 0.248. The zero-order chi connectivity index (χ0) is 29.9. The zero-order valence-corrected chi connectivity index (χ0v) is 25.8. The van der Waals surface area contributed by atoms with Crippen LogP contribution in [0.5, 0.6) is 23.0 Å². The predicted octanol–water partition coefficient (Wildman–Crippen LogP) is 9.49. The second-order valence-electron chi connectivity index (χ2n) is 13.0. The SMILES string of the molecule is Cc1cc(-c2ccccc2OCCCOc2ccccc2-c2cc(C)cc(C(C)(C)C)c2O)c(O)c(C(C)(C)C)c1. The van der Waals surface area contributed by atoms with E-state index in [4.69, 9.17) is 9.47 Å². The molecular formula is C37H44O4. The maximum Gasteiger partial charge on any atom is 0.127 e. The number of aromatic hydroxyl groups is 2. The molecule has 0 heterocycles. The van der Waals surface area contributed by atoms with E-state index in [1.54, 1.807) is 0 Å². The molecule has 216 valence electrons. The quantitative estimate of drug-likeness (QED) is 0.214. The number of ether oxygens (including phenoxy) is 2. The highest BCUT2D eigenvalue weighted by Crippen LogP contribution is 2.44. The second kappa shape index (κ2) is 11.9. The molecule has 4 nitrogen and oxygen atoms in total. The van der Waals surface area contributed by atoms with E-state index in [1.165, 1.54) is 0 Å². The molecule has 0 bridgehead atoms. The van der Waals surface area contributed by atoms with Crippen LogP contribution in [0.25, 0.3) is 22.3 Å². The fraction of sp³-hybridized carbons (Fsp3) is 0.351. The predicted molar refractivity (Wildman–Crippen MR) is 170 cm³/mol. The van der Waals surface area contributed by atoms with E-state index in [0.29, 0.717) is 31.1 Å². The third kappa shape index (κ3) is 6.87. The average molecular weight is 553 g/mol. The van der Waals surface area contributed by atoms with Gasteiger partial charge in [0.2, 0.25) is 0 Å². The van der Waals surface area contributed by atoms with Crippen LogP contribution in [0.1, 0.15) is 70.2 Å². The van der Waals surface area contributed by atoms with Crippen molar-refractivity contribution >= 4 is 0 Å². The first-order valence-electron chi connectivity index (χ1n) is 14.4. The van der Waals surface area contributed by atoms with Crippen molar-refractivity contribution in [2.45, 2.75) is 72.6 Å². The Labute approximate surface area is 245 Å². The third-order valence-corrected chi connectivity index (χ3v) is 7.28. The van der Waals surface area contributed by atoms with E-state index >= 15 is 0 Å². The first-order chi connectivity index (χ1) is 19.3. The molecule has 0 aliphatic rings. The van der Waals surface area contributed by atoms with Gasteiger partial charge < -0.3 is 19.7 Å². The summed E-state index contributed by atoms with van der Waals surface area (Å²) < 4.78 is 12.4. The highest BCUT2D eigenvalue weighted by atomic mass is 16.5. The first kappa shape index (κ1) is 30.0. The van der Waals surface area contributed by atoms with Crippen molar-refractivity contribution in [1.29, 1.82) is 0 Å². The Morgan fingerprint density at radius 2 is 0.902 bits per heavy atom. The van der Waals surface area contributed by atoms with Crippen molar-refractivity contribution in [2.75, 3.05) is 13.2 Å². The molecule has 0 radical (unpaired) electrons. The van der Waals surface area contributed by atoms with E-state index < -0.39 is 0 Å². The van der Waals surface area contributed by atoms with Gasteiger partial charge in [0, 0.05) is 39.8 Å². The molecule has 41 heavy (non-hydrogen) atoms. The summed E-state index contributed by atoms with van der Waals surface area (Å²) in [6, 6.07) is 23.8. The molecule has 0 saturated carbocycles. The van der Waals surface area contributed by atoms with Crippen LogP contribution in [0.2, 0.25) is 0 Å². The van der Waals surface area contributed by atoms with Crippen LogP contribution in [-0.2, 0) is 10.8 Å². The van der Waals surface area contributed by atoms with Crippen LogP contribution in [0, 0.1) is 13.8 Å². The molecule has 2 N–H and O–H groups in total. The summed E-state index contributed by atoms with van der Waals surface area (Å²) in [5.74, 6) is 2.06. The molecule has 0 spiro atoms. The number of hydrogen-bond acceptors (Lipinski definition) is 4. The summed E-state index contributed by atoms with van der Waals surface area (Å²) >= 11 is 0. The Morgan fingerprint density at radius 1 is 0.537 bits per heavy atom. The number of benzene rings is 4. The summed E-state index contributed by atoms with van der Waals surface area (Å²) in [6.45, 7) is 17.7. The second-order valence-corrected chi connectivity index (χ2v) is 13.0. The number of hydrogen-bond donors (Lipinski definition) is 2. The fourth-order valence-electron chi connectivity index (χ4n) is 5.16. The fourth-order valence-corrected chi connectivity index (χ4v) is 5.16. The monoisotopic (exact) mass is 552 g/mol. The van der Waals surface area contributed by atoms with E-state index in [0.717, 1.165) is 56.0 Å². The number of aryl methyl sites for hydroxylation is 2. The minimum atomic E-state index is -0.183. The number of rotatable bonds is 8. The molecular weight excluding hydrogens is 508 g/mol. The standard InChI is InChI=1S/C37H44O4/c1-24-20-28(34(38)30(22-24)36(3,4)5)26-14-9-11-16-32(26)40-18-13-19-41-33-17-12-10-15-27(33)29-21-25(2)23-31(35(29)39)37(6,7)8/h9-12,14-17,20-23,38-39H,13,18-19H2,1-8H3. The largest absolute Gasteiger partial charge is 0.507 e. The maximum atomic E-state index is 11.2. The Kier molecular flexibility index (Phi) is 8.72. The van der Waals surface area contributed by atoms with E-state index in [-0.39, 0.29) is 10.8 Å². The number of phenols is 2. The van der Waals surface area contributed by atoms with Gasteiger partial charge in [-0.2, -0.15) is 0 Å². The van der Waals surface area contributed by atoms with Crippen molar-refractivity contribution < 1.29 is 19.7 Å². The molecule has 0 aliphatic carbocycles. The van der Waals surface area contributed by atoms with Gasteiger partial charge in [-0.05, 0) is 60.1 Å². The summed E-state index contributed by atoms with van der Waals surface area (Å²) in [7, 11) is 0. The van der Waals surface area contributed by atoms with Gasteiger partial charge in [0.25, 0.3) is 0 Å². The molecule has 0 aromatic heterocycles. The van der Waals surface area contributed by atoms with Crippen molar-refractivity contribution in [3.05, 3.63) is 95.1 Å². The Balaban J connectivity index is 1.48. The molecule has 0 amide bonds. The summed E-state index contributed by atoms with van der Waals surface area (Å²) in [4.78, 5) is 0. The lowest BCUT2D eigenvalue weighted by Crippen LogP contribution is -2.12. The van der Waals surface area contributed by atoms with Crippen LogP contribution in [0.4, 0.5) is 0 Å². The van der Waals surface area contributed by atoms with Crippen LogP contribution in [0.3, 0.4) is 0 Å². The topological polar surface area (TPSA) is 58.9 Å². The van der Waals surface area contributed by atoms with Crippen LogP contribution < -0.4 is 9.47 Å². The molecule has 0 unspecified atom stereocenters. The van der Waals surface area contributed by atoms with Crippen LogP contribution in [-0.4, -0.2) is 23.4 Å². The van der Waals surface area contributed by atoms with Crippen LogP contribution >= 0.6 is 0 Å². The van der Waals surface area contributed by atoms with Gasteiger partial charge >= 0.3 is 0 Å². The average Bonchev–Trinajstić information content (AvgIpc) is 2.90. The smallest absolute Gasteiger partial charge is 0.127 e. The van der Waals surface area contributed by atoms with Crippen molar-refractivity contribution in [1.82, 2.24) is 0 Å². The maximum absolute atomic E-state index is 11.2. The summed E-state index contributed by atoms with van der Waals surface area (Å²) in [6.07, 6.45) is 0.669. The van der Waals surface area contributed by atoms with Crippen molar-refractivity contribution in [3.63, 3.8) is 0 Å². The summed E-state index contributed by atoms with van der Waals surface area (Å²) in [5.41, 5.74) is 6.97. The Morgan fingerprint density at radius 3 is 1.27 bits per heavy atom.